The van der Waals surface area contributed by atoms with E-state index in [1.807, 2.05) is 6.08 Å². The van der Waals surface area contributed by atoms with Gasteiger partial charge in [0.1, 0.15) is 0 Å². The minimum atomic E-state index is -2.08. The molecule has 0 saturated carbocycles. The molecule has 0 aromatic heterocycles. The van der Waals surface area contributed by atoms with Crippen LogP contribution in [-0.4, -0.2) is 13.3 Å². The summed E-state index contributed by atoms with van der Waals surface area (Å²) in [5, 5.41) is 0. The lowest BCUT2D eigenvalue weighted by Gasteiger charge is -1.99. The fourth-order valence-corrected chi connectivity index (χ4v) is 1.84. The molecular weight excluding hydrogens is 216 g/mol. The number of allylic oxidation sites excluding steroid dienone is 4. The lowest BCUT2D eigenvalue weighted by atomic mass is 10.2. The molecule has 0 saturated heterocycles. The van der Waals surface area contributed by atoms with E-state index in [-0.39, 0.29) is 0 Å². The van der Waals surface area contributed by atoms with Gasteiger partial charge in [-0.3, -0.25) is 0 Å². The average Bonchev–Trinajstić information content (AvgIpc) is 1.88. The molecule has 0 radical (unpaired) electrons. The van der Waals surface area contributed by atoms with Crippen LogP contribution in [-0.2, 0) is 10.3 Å². The Morgan fingerprint density at radius 3 is 2.60 bits per heavy atom. The first kappa shape index (κ1) is 7.75. The topological polar surface area (TPSA) is 34.1 Å². The van der Waals surface area contributed by atoms with Gasteiger partial charge < -0.3 is 0 Å². The van der Waals surface area contributed by atoms with Crippen LogP contribution in [0.1, 0.15) is 6.42 Å². The summed E-state index contributed by atoms with van der Waals surface area (Å²) in [4.78, 5) is 0.419. The van der Waals surface area contributed by atoms with Gasteiger partial charge >= 0.3 is 0 Å². The molecule has 1 rings (SSSR count). The van der Waals surface area contributed by atoms with Gasteiger partial charge in [-0.05, 0) is 22.0 Å². The molecule has 4 heteroatoms. The van der Waals surface area contributed by atoms with Gasteiger partial charge in [-0.2, -0.15) is 8.42 Å². The van der Waals surface area contributed by atoms with Gasteiger partial charge in [0, 0.05) is 10.9 Å². The zero-order valence-electron chi connectivity index (χ0n) is 5.04. The Morgan fingerprint density at radius 2 is 2.20 bits per heavy atom. The Labute approximate surface area is 68.9 Å². The van der Waals surface area contributed by atoms with E-state index in [1.165, 1.54) is 0 Å². The summed E-state index contributed by atoms with van der Waals surface area (Å²) in [6.45, 7) is 0. The van der Waals surface area contributed by atoms with Crippen molar-refractivity contribution in [3.05, 3.63) is 22.7 Å². The van der Waals surface area contributed by atoms with Crippen LogP contribution in [0.2, 0.25) is 0 Å². The zero-order chi connectivity index (χ0) is 7.56. The maximum Gasteiger partial charge on any atom is 0.218 e. The molecule has 0 aromatic carbocycles. The van der Waals surface area contributed by atoms with Gasteiger partial charge in [-0.25, -0.2) is 0 Å². The maximum atomic E-state index is 10.4. The fourth-order valence-electron chi connectivity index (χ4n) is 0.666. The van der Waals surface area contributed by atoms with E-state index >= 15 is 0 Å². The molecule has 1 aliphatic carbocycles. The van der Waals surface area contributed by atoms with E-state index < -0.39 is 10.3 Å². The van der Waals surface area contributed by atoms with Crippen LogP contribution in [0.15, 0.2) is 22.7 Å². The van der Waals surface area contributed by atoms with Crippen molar-refractivity contribution in [2.24, 2.45) is 0 Å². The Bertz CT molecular complexity index is 314. The summed E-state index contributed by atoms with van der Waals surface area (Å²) in [6, 6.07) is 0. The van der Waals surface area contributed by atoms with Crippen LogP contribution in [0.3, 0.4) is 0 Å². The second kappa shape index (κ2) is 3.16. The number of rotatable bonds is 0. The van der Waals surface area contributed by atoms with Crippen LogP contribution in [0.5, 0.6) is 0 Å². The van der Waals surface area contributed by atoms with Crippen LogP contribution >= 0.6 is 15.9 Å². The summed E-state index contributed by atoms with van der Waals surface area (Å²) in [6.07, 6.45) is 5.83. The molecule has 10 heavy (non-hydrogen) atoms. The molecule has 0 atom stereocenters. The zero-order valence-corrected chi connectivity index (χ0v) is 7.44. The molecule has 0 unspecified atom stereocenters. The monoisotopic (exact) mass is 220 g/mol. The van der Waals surface area contributed by atoms with E-state index in [2.05, 4.69) is 15.9 Å². The van der Waals surface area contributed by atoms with Gasteiger partial charge in [-0.15, -0.1) is 0 Å². The van der Waals surface area contributed by atoms with Gasteiger partial charge in [0.25, 0.3) is 0 Å². The Morgan fingerprint density at radius 1 is 1.50 bits per heavy atom. The van der Waals surface area contributed by atoms with E-state index in [4.69, 9.17) is 0 Å². The van der Waals surface area contributed by atoms with Gasteiger partial charge in [-0.1, -0.05) is 12.2 Å². The summed E-state index contributed by atoms with van der Waals surface area (Å²) in [5.74, 6) is 0. The molecule has 0 aliphatic heterocycles. The predicted molar refractivity (Wildman–Crippen MR) is 44.7 cm³/mol. The molecule has 0 N–H and O–H groups in total. The molecule has 2 nitrogen and oxygen atoms in total. The quantitative estimate of drug-likeness (QED) is 0.577. The number of hydrogen-bond donors (Lipinski definition) is 0. The standard InChI is InChI=1S/C6H5BrO2S/c7-5-3-1-2-4-6(5)10(8)9/h1-3H,4H2. The minimum absolute atomic E-state index is 0.419. The Hall–Kier alpha value is -0.350. The van der Waals surface area contributed by atoms with Crippen molar-refractivity contribution in [2.45, 2.75) is 6.42 Å². The molecular formula is C6H5BrO2S. The molecule has 0 amide bonds. The normalized spacial score (nSPS) is 16.9. The third kappa shape index (κ3) is 1.58. The van der Waals surface area contributed by atoms with E-state index in [0.717, 1.165) is 0 Å². The van der Waals surface area contributed by atoms with Gasteiger partial charge in [0.2, 0.25) is 10.3 Å². The largest absolute Gasteiger partial charge is 0.218 e. The number of halogens is 1. The summed E-state index contributed by atoms with van der Waals surface area (Å²) >= 11 is 3.14. The lowest BCUT2D eigenvalue weighted by Crippen LogP contribution is -2.00. The van der Waals surface area contributed by atoms with Crippen molar-refractivity contribution in [3.8, 4) is 0 Å². The van der Waals surface area contributed by atoms with E-state index in [9.17, 15) is 8.42 Å². The second-order valence-corrected chi connectivity index (χ2v) is 3.62. The van der Waals surface area contributed by atoms with Crippen molar-refractivity contribution in [1.82, 2.24) is 0 Å². The predicted octanol–water partition coefficient (Wildman–Crippen LogP) is 1.28. The first-order valence-electron chi connectivity index (χ1n) is 2.69. The molecule has 0 bridgehead atoms. The smallest absolute Gasteiger partial charge is 0.184 e. The average molecular weight is 221 g/mol. The van der Waals surface area contributed by atoms with Crippen LogP contribution in [0, 0.1) is 0 Å². The Kier molecular flexibility index (Phi) is 2.45. The second-order valence-electron chi connectivity index (χ2n) is 1.80. The molecule has 0 aromatic rings. The molecule has 0 fully saturated rings. The minimum Gasteiger partial charge on any atom is -0.184 e. The van der Waals surface area contributed by atoms with Gasteiger partial charge in [0.05, 0.1) is 4.86 Å². The highest BCUT2D eigenvalue weighted by molar-refractivity contribution is 9.12. The van der Waals surface area contributed by atoms with Crippen molar-refractivity contribution in [2.75, 3.05) is 0 Å². The first-order chi connectivity index (χ1) is 4.72. The van der Waals surface area contributed by atoms with Crippen molar-refractivity contribution >= 4 is 31.1 Å². The maximum absolute atomic E-state index is 10.4. The summed E-state index contributed by atoms with van der Waals surface area (Å²) < 4.78 is 21.5. The fraction of sp³-hybridized carbons (Fsp3) is 0.167. The van der Waals surface area contributed by atoms with Crippen LogP contribution < -0.4 is 0 Å². The van der Waals surface area contributed by atoms with Crippen molar-refractivity contribution in [1.29, 1.82) is 0 Å². The SMILES string of the molecule is O=S(=O)=C1CC=CC=C1Br. The Balaban J connectivity index is 3.19. The third-order valence-electron chi connectivity index (χ3n) is 1.15. The van der Waals surface area contributed by atoms with E-state index in [1.54, 1.807) is 12.2 Å². The number of hydrogen-bond acceptors (Lipinski definition) is 2. The molecule has 0 spiro atoms. The summed E-state index contributed by atoms with van der Waals surface area (Å²) in [5.41, 5.74) is 0. The molecule has 1 aliphatic rings. The first-order valence-corrected chi connectivity index (χ1v) is 4.56. The van der Waals surface area contributed by atoms with Gasteiger partial charge in [0.15, 0.2) is 0 Å². The molecule has 54 valence electrons. The van der Waals surface area contributed by atoms with Crippen molar-refractivity contribution in [3.63, 3.8) is 0 Å². The van der Waals surface area contributed by atoms with Crippen molar-refractivity contribution < 1.29 is 8.42 Å². The lowest BCUT2D eigenvalue weighted by molar-refractivity contribution is 0.627. The highest BCUT2D eigenvalue weighted by Crippen LogP contribution is 2.14. The third-order valence-corrected chi connectivity index (χ3v) is 2.94. The van der Waals surface area contributed by atoms with E-state index in [0.29, 0.717) is 15.8 Å². The highest BCUT2D eigenvalue weighted by atomic mass is 79.9. The highest BCUT2D eigenvalue weighted by Gasteiger charge is 2.05. The van der Waals surface area contributed by atoms with Crippen LogP contribution in [0.4, 0.5) is 0 Å². The molecule has 0 heterocycles. The summed E-state index contributed by atoms with van der Waals surface area (Å²) in [7, 11) is -2.08. The van der Waals surface area contributed by atoms with Crippen LogP contribution in [0.25, 0.3) is 0 Å².